The fourth-order valence-corrected chi connectivity index (χ4v) is 4.05. The summed E-state index contributed by atoms with van der Waals surface area (Å²) in [4.78, 5) is 4.67. The summed E-state index contributed by atoms with van der Waals surface area (Å²) in [5.41, 5.74) is 4.80. The van der Waals surface area contributed by atoms with Gasteiger partial charge in [-0.2, -0.15) is 0 Å². The van der Waals surface area contributed by atoms with Crippen molar-refractivity contribution >= 4 is 0 Å². The van der Waals surface area contributed by atoms with Crippen LogP contribution in [0.25, 0.3) is 0 Å². The molecule has 3 aromatic rings. The molecule has 0 amide bonds. The second-order valence-corrected chi connectivity index (χ2v) is 6.92. The lowest BCUT2D eigenvalue weighted by Crippen LogP contribution is -2.46. The SMILES string of the molecule is Cc1ccccc1C(c1ccccc1)(c1ccccc1)N1C=CN(C)C1. The van der Waals surface area contributed by atoms with Gasteiger partial charge in [0.15, 0.2) is 0 Å². The standard InChI is InChI=1S/C24H24N2/c1-20-11-9-10-16-23(20)24(21-12-5-3-6-13-21,22-14-7-4-8-15-22)26-18-17-25(2)19-26/h3-18H,19H2,1-2H3. The molecular weight excluding hydrogens is 316 g/mol. The molecule has 2 heteroatoms. The van der Waals surface area contributed by atoms with Gasteiger partial charge in [-0.25, -0.2) is 0 Å². The number of aryl methyl sites for hydroxylation is 1. The van der Waals surface area contributed by atoms with Crippen LogP contribution in [0.5, 0.6) is 0 Å². The third-order valence-electron chi connectivity index (χ3n) is 5.23. The van der Waals surface area contributed by atoms with Gasteiger partial charge in [0.05, 0.1) is 6.67 Å². The minimum absolute atomic E-state index is 0.366. The summed E-state index contributed by atoms with van der Waals surface area (Å²) in [6.07, 6.45) is 4.37. The van der Waals surface area contributed by atoms with Gasteiger partial charge >= 0.3 is 0 Å². The average Bonchev–Trinajstić information content (AvgIpc) is 3.12. The molecule has 0 aliphatic carbocycles. The van der Waals surface area contributed by atoms with Gasteiger partial charge in [-0.3, -0.25) is 0 Å². The molecule has 1 heterocycles. The normalized spacial score (nSPS) is 14.1. The van der Waals surface area contributed by atoms with E-state index in [0.717, 1.165) is 6.67 Å². The second-order valence-electron chi connectivity index (χ2n) is 6.92. The van der Waals surface area contributed by atoms with Gasteiger partial charge in [0.2, 0.25) is 0 Å². The molecule has 1 aliphatic rings. The fraction of sp³-hybridized carbons (Fsp3) is 0.167. The van der Waals surface area contributed by atoms with Gasteiger partial charge in [0.1, 0.15) is 5.54 Å². The Morgan fingerprint density at radius 1 is 0.692 bits per heavy atom. The Morgan fingerprint density at radius 3 is 1.73 bits per heavy atom. The summed E-state index contributed by atoms with van der Waals surface area (Å²) >= 11 is 0. The van der Waals surface area contributed by atoms with Crippen molar-refractivity contribution in [1.82, 2.24) is 9.80 Å². The average molecular weight is 340 g/mol. The van der Waals surface area contributed by atoms with E-state index in [4.69, 9.17) is 0 Å². The molecule has 2 nitrogen and oxygen atoms in total. The minimum Gasteiger partial charge on any atom is -0.362 e. The van der Waals surface area contributed by atoms with Crippen molar-refractivity contribution < 1.29 is 0 Å². The van der Waals surface area contributed by atoms with Crippen molar-refractivity contribution in [3.63, 3.8) is 0 Å². The molecule has 0 N–H and O–H groups in total. The van der Waals surface area contributed by atoms with E-state index in [0.29, 0.717) is 0 Å². The van der Waals surface area contributed by atoms with Crippen molar-refractivity contribution in [3.05, 3.63) is 120 Å². The van der Waals surface area contributed by atoms with Gasteiger partial charge in [0, 0.05) is 19.4 Å². The van der Waals surface area contributed by atoms with Crippen LogP contribution in [0.4, 0.5) is 0 Å². The molecule has 0 atom stereocenters. The monoisotopic (exact) mass is 340 g/mol. The highest BCUT2D eigenvalue weighted by molar-refractivity contribution is 5.52. The Bertz CT molecular complexity index is 860. The molecule has 26 heavy (non-hydrogen) atoms. The van der Waals surface area contributed by atoms with Crippen LogP contribution in [0.2, 0.25) is 0 Å². The third-order valence-corrected chi connectivity index (χ3v) is 5.23. The highest BCUT2D eigenvalue weighted by Gasteiger charge is 2.43. The Kier molecular flexibility index (Phi) is 4.26. The number of hydrogen-bond donors (Lipinski definition) is 0. The van der Waals surface area contributed by atoms with Crippen molar-refractivity contribution in [1.29, 1.82) is 0 Å². The van der Waals surface area contributed by atoms with Crippen LogP contribution < -0.4 is 0 Å². The van der Waals surface area contributed by atoms with E-state index in [1.807, 2.05) is 0 Å². The highest BCUT2D eigenvalue weighted by atomic mass is 15.4. The van der Waals surface area contributed by atoms with Crippen LogP contribution in [-0.2, 0) is 5.54 Å². The second kappa shape index (κ2) is 6.72. The smallest absolute Gasteiger partial charge is 0.118 e. The summed E-state index contributed by atoms with van der Waals surface area (Å²) < 4.78 is 0. The lowest BCUT2D eigenvalue weighted by Gasteiger charge is -2.44. The van der Waals surface area contributed by atoms with Gasteiger partial charge in [-0.1, -0.05) is 84.9 Å². The van der Waals surface area contributed by atoms with Crippen LogP contribution >= 0.6 is 0 Å². The topological polar surface area (TPSA) is 6.48 Å². The summed E-state index contributed by atoms with van der Waals surface area (Å²) in [5.74, 6) is 0. The first-order valence-electron chi connectivity index (χ1n) is 9.05. The van der Waals surface area contributed by atoms with E-state index in [9.17, 15) is 0 Å². The van der Waals surface area contributed by atoms with Gasteiger partial charge in [0.25, 0.3) is 0 Å². The van der Waals surface area contributed by atoms with Crippen molar-refractivity contribution in [3.8, 4) is 0 Å². The predicted molar refractivity (Wildman–Crippen MR) is 108 cm³/mol. The zero-order valence-electron chi connectivity index (χ0n) is 15.3. The van der Waals surface area contributed by atoms with E-state index >= 15 is 0 Å². The first kappa shape index (κ1) is 16.5. The summed E-state index contributed by atoms with van der Waals surface area (Å²) in [7, 11) is 2.12. The predicted octanol–water partition coefficient (Wildman–Crippen LogP) is 4.96. The molecule has 130 valence electrons. The van der Waals surface area contributed by atoms with Crippen LogP contribution in [0.15, 0.2) is 97.3 Å². The summed E-state index contributed by atoms with van der Waals surface area (Å²) in [6.45, 7) is 3.05. The summed E-state index contributed by atoms with van der Waals surface area (Å²) in [6, 6.07) is 30.4. The van der Waals surface area contributed by atoms with Crippen molar-refractivity contribution in [2.24, 2.45) is 0 Å². The molecule has 1 aliphatic heterocycles. The highest BCUT2D eigenvalue weighted by Crippen LogP contribution is 2.44. The first-order valence-corrected chi connectivity index (χ1v) is 9.05. The Labute approximate surface area is 156 Å². The quantitative estimate of drug-likeness (QED) is 0.619. The molecule has 0 aromatic heterocycles. The molecule has 0 saturated heterocycles. The maximum atomic E-state index is 2.44. The van der Waals surface area contributed by atoms with Gasteiger partial charge < -0.3 is 9.80 Å². The largest absolute Gasteiger partial charge is 0.362 e. The molecule has 0 spiro atoms. The van der Waals surface area contributed by atoms with Gasteiger partial charge in [-0.15, -0.1) is 0 Å². The Morgan fingerprint density at radius 2 is 1.23 bits per heavy atom. The number of hydrogen-bond acceptors (Lipinski definition) is 2. The molecule has 0 bridgehead atoms. The van der Waals surface area contributed by atoms with E-state index in [-0.39, 0.29) is 5.54 Å². The number of rotatable bonds is 4. The van der Waals surface area contributed by atoms with Crippen LogP contribution in [0.1, 0.15) is 22.3 Å². The molecule has 4 rings (SSSR count). The Hall–Kier alpha value is -3.00. The molecule has 0 saturated carbocycles. The number of nitrogens with zero attached hydrogens (tertiary/aromatic N) is 2. The Balaban J connectivity index is 2.07. The van der Waals surface area contributed by atoms with E-state index in [2.05, 4.69) is 121 Å². The lowest BCUT2D eigenvalue weighted by atomic mass is 9.74. The maximum absolute atomic E-state index is 2.44. The van der Waals surface area contributed by atoms with Crippen LogP contribution in [-0.4, -0.2) is 23.5 Å². The zero-order chi connectivity index (χ0) is 18.0. The molecule has 0 radical (unpaired) electrons. The molecule has 3 aromatic carbocycles. The molecule has 0 fully saturated rings. The maximum Gasteiger partial charge on any atom is 0.118 e. The van der Waals surface area contributed by atoms with Crippen LogP contribution in [0, 0.1) is 6.92 Å². The number of benzene rings is 3. The zero-order valence-corrected chi connectivity index (χ0v) is 15.3. The van der Waals surface area contributed by atoms with Crippen molar-refractivity contribution in [2.75, 3.05) is 13.7 Å². The molecular formula is C24H24N2. The first-order chi connectivity index (χ1) is 12.7. The van der Waals surface area contributed by atoms with Crippen LogP contribution in [0.3, 0.4) is 0 Å². The minimum atomic E-state index is -0.366. The lowest BCUT2D eigenvalue weighted by molar-refractivity contribution is 0.193. The van der Waals surface area contributed by atoms with Crippen molar-refractivity contribution in [2.45, 2.75) is 12.5 Å². The third kappa shape index (κ3) is 2.59. The van der Waals surface area contributed by atoms with E-state index in [1.54, 1.807) is 0 Å². The van der Waals surface area contributed by atoms with Gasteiger partial charge in [-0.05, 0) is 29.2 Å². The summed E-state index contributed by atoms with van der Waals surface area (Å²) in [5, 5.41) is 0. The van der Waals surface area contributed by atoms with E-state index < -0.39 is 0 Å². The molecule has 0 unspecified atom stereocenters. The van der Waals surface area contributed by atoms with E-state index in [1.165, 1.54) is 22.3 Å². The fourth-order valence-electron chi connectivity index (χ4n) is 4.05.